The van der Waals surface area contributed by atoms with Gasteiger partial charge in [0.15, 0.2) is 0 Å². The molecule has 0 spiro atoms. The van der Waals surface area contributed by atoms with Gasteiger partial charge in [-0.2, -0.15) is 0 Å². The summed E-state index contributed by atoms with van der Waals surface area (Å²) in [5.74, 6) is 0. The summed E-state index contributed by atoms with van der Waals surface area (Å²) < 4.78 is 34.1. The molecule has 1 aliphatic rings. The Morgan fingerprint density at radius 3 is 2.81 bits per heavy atom. The van der Waals surface area contributed by atoms with E-state index in [1.54, 1.807) is 6.07 Å². The average molecular weight is 377 g/mol. The molecule has 0 aromatic heterocycles. The molecule has 118 valence electrons. The van der Waals surface area contributed by atoms with Crippen molar-refractivity contribution in [1.29, 1.82) is 0 Å². The van der Waals surface area contributed by atoms with Gasteiger partial charge in [0.1, 0.15) is 0 Å². The lowest BCUT2D eigenvalue weighted by molar-refractivity contribution is 0.0173. The third-order valence-corrected chi connectivity index (χ3v) is 6.47. The molecule has 0 radical (unpaired) electrons. The SMILES string of the molecule is Cc1cc(CN)cc(S(=O)(=O)NC2CCOC(C)C2)c1Br. The summed E-state index contributed by atoms with van der Waals surface area (Å²) in [5.41, 5.74) is 7.30. The molecule has 0 amide bonds. The Balaban J connectivity index is 2.29. The Morgan fingerprint density at radius 1 is 1.48 bits per heavy atom. The smallest absolute Gasteiger partial charge is 0.241 e. The molecule has 1 heterocycles. The summed E-state index contributed by atoms with van der Waals surface area (Å²) in [7, 11) is -3.58. The standard InChI is InChI=1S/C14H21BrN2O3S/c1-9-5-11(8-16)7-13(14(9)15)21(18,19)17-12-3-4-20-10(2)6-12/h5,7,10,12,17H,3-4,6,8,16H2,1-2H3. The number of hydrogen-bond acceptors (Lipinski definition) is 4. The van der Waals surface area contributed by atoms with Crippen molar-refractivity contribution in [2.45, 2.75) is 50.3 Å². The first-order valence-electron chi connectivity index (χ1n) is 6.96. The maximum atomic E-state index is 12.6. The van der Waals surface area contributed by atoms with Crippen LogP contribution in [0.25, 0.3) is 0 Å². The van der Waals surface area contributed by atoms with Crippen LogP contribution in [0.3, 0.4) is 0 Å². The Labute approximate surface area is 134 Å². The van der Waals surface area contributed by atoms with E-state index >= 15 is 0 Å². The molecule has 3 N–H and O–H groups in total. The number of ether oxygens (including phenoxy) is 1. The van der Waals surface area contributed by atoms with Gasteiger partial charge < -0.3 is 10.5 Å². The van der Waals surface area contributed by atoms with Crippen LogP contribution in [0.2, 0.25) is 0 Å². The lowest BCUT2D eigenvalue weighted by Crippen LogP contribution is -2.41. The molecule has 1 saturated heterocycles. The fourth-order valence-corrected chi connectivity index (χ4v) is 4.86. The molecule has 0 saturated carbocycles. The van der Waals surface area contributed by atoms with Crippen LogP contribution in [0.4, 0.5) is 0 Å². The van der Waals surface area contributed by atoms with Crippen LogP contribution in [0, 0.1) is 6.92 Å². The predicted molar refractivity (Wildman–Crippen MR) is 85.5 cm³/mol. The van der Waals surface area contributed by atoms with Gasteiger partial charge in [-0.05, 0) is 59.8 Å². The van der Waals surface area contributed by atoms with Crippen LogP contribution < -0.4 is 10.5 Å². The number of halogens is 1. The van der Waals surface area contributed by atoms with Crippen molar-refractivity contribution in [3.05, 3.63) is 27.7 Å². The maximum Gasteiger partial charge on any atom is 0.241 e. The van der Waals surface area contributed by atoms with E-state index in [0.29, 0.717) is 30.5 Å². The number of nitrogens with one attached hydrogen (secondary N) is 1. The summed E-state index contributed by atoms with van der Waals surface area (Å²) in [5, 5.41) is 0. The van der Waals surface area contributed by atoms with Crippen LogP contribution in [0.1, 0.15) is 30.9 Å². The maximum absolute atomic E-state index is 12.6. The predicted octanol–water partition coefficient (Wildman–Crippen LogP) is 2.06. The van der Waals surface area contributed by atoms with E-state index in [2.05, 4.69) is 20.7 Å². The minimum absolute atomic E-state index is 0.0759. The van der Waals surface area contributed by atoms with Crippen molar-refractivity contribution >= 4 is 26.0 Å². The quantitative estimate of drug-likeness (QED) is 0.842. The van der Waals surface area contributed by atoms with Crippen molar-refractivity contribution in [2.24, 2.45) is 5.73 Å². The Bertz CT molecular complexity index is 619. The van der Waals surface area contributed by atoms with E-state index in [0.717, 1.165) is 11.1 Å². The topological polar surface area (TPSA) is 81.4 Å². The number of sulfonamides is 1. The zero-order valence-corrected chi connectivity index (χ0v) is 14.6. The highest BCUT2D eigenvalue weighted by molar-refractivity contribution is 9.10. The van der Waals surface area contributed by atoms with Crippen molar-refractivity contribution in [1.82, 2.24) is 4.72 Å². The zero-order valence-electron chi connectivity index (χ0n) is 12.2. The van der Waals surface area contributed by atoms with E-state index in [1.807, 2.05) is 19.9 Å². The molecule has 0 aliphatic carbocycles. The molecule has 1 aromatic rings. The monoisotopic (exact) mass is 376 g/mol. The third kappa shape index (κ3) is 4.04. The molecule has 2 unspecified atom stereocenters. The van der Waals surface area contributed by atoms with E-state index in [9.17, 15) is 8.42 Å². The summed E-state index contributed by atoms with van der Waals surface area (Å²) in [4.78, 5) is 0.252. The van der Waals surface area contributed by atoms with Gasteiger partial charge in [-0.1, -0.05) is 6.07 Å². The van der Waals surface area contributed by atoms with Crippen molar-refractivity contribution in [3.63, 3.8) is 0 Å². The number of rotatable bonds is 4. The molecule has 2 atom stereocenters. The minimum Gasteiger partial charge on any atom is -0.378 e. The molecular weight excluding hydrogens is 356 g/mol. The van der Waals surface area contributed by atoms with Crippen molar-refractivity contribution < 1.29 is 13.2 Å². The second kappa shape index (κ2) is 6.75. The zero-order chi connectivity index (χ0) is 15.6. The third-order valence-electron chi connectivity index (χ3n) is 3.61. The molecule has 2 rings (SSSR count). The Morgan fingerprint density at radius 2 is 2.19 bits per heavy atom. The van der Waals surface area contributed by atoms with Gasteiger partial charge in [0, 0.05) is 23.7 Å². The number of benzene rings is 1. The van der Waals surface area contributed by atoms with Gasteiger partial charge in [0.05, 0.1) is 11.0 Å². The van der Waals surface area contributed by atoms with Crippen LogP contribution >= 0.6 is 15.9 Å². The fourth-order valence-electron chi connectivity index (χ4n) is 2.51. The second-order valence-electron chi connectivity index (χ2n) is 5.45. The average Bonchev–Trinajstić information content (AvgIpc) is 2.41. The molecule has 0 bridgehead atoms. The van der Waals surface area contributed by atoms with Crippen molar-refractivity contribution in [2.75, 3.05) is 6.61 Å². The van der Waals surface area contributed by atoms with Gasteiger partial charge in [-0.15, -0.1) is 0 Å². The minimum atomic E-state index is -3.58. The van der Waals surface area contributed by atoms with Crippen LogP contribution in [-0.2, 0) is 21.3 Å². The summed E-state index contributed by atoms with van der Waals surface area (Å²) in [6.07, 6.45) is 1.45. The van der Waals surface area contributed by atoms with E-state index in [-0.39, 0.29) is 17.0 Å². The molecule has 1 aromatic carbocycles. The summed E-state index contributed by atoms with van der Waals surface area (Å²) in [6, 6.07) is 3.43. The van der Waals surface area contributed by atoms with Crippen molar-refractivity contribution in [3.8, 4) is 0 Å². The van der Waals surface area contributed by atoms with E-state index < -0.39 is 10.0 Å². The molecular formula is C14H21BrN2O3S. The molecule has 5 nitrogen and oxygen atoms in total. The Hall–Kier alpha value is -0.470. The lowest BCUT2D eigenvalue weighted by Gasteiger charge is -2.28. The highest BCUT2D eigenvalue weighted by atomic mass is 79.9. The van der Waals surface area contributed by atoms with Gasteiger partial charge in [-0.25, -0.2) is 13.1 Å². The van der Waals surface area contributed by atoms with Crippen LogP contribution in [0.5, 0.6) is 0 Å². The highest BCUT2D eigenvalue weighted by Gasteiger charge is 2.27. The van der Waals surface area contributed by atoms with E-state index in [4.69, 9.17) is 10.5 Å². The van der Waals surface area contributed by atoms with Gasteiger partial charge in [0.25, 0.3) is 0 Å². The molecule has 7 heteroatoms. The highest BCUT2D eigenvalue weighted by Crippen LogP contribution is 2.28. The number of hydrogen-bond donors (Lipinski definition) is 2. The normalized spacial score (nSPS) is 23.2. The van der Waals surface area contributed by atoms with Gasteiger partial charge in [-0.3, -0.25) is 0 Å². The largest absolute Gasteiger partial charge is 0.378 e. The summed E-state index contributed by atoms with van der Waals surface area (Å²) >= 11 is 3.37. The van der Waals surface area contributed by atoms with E-state index in [1.165, 1.54) is 0 Å². The number of nitrogens with two attached hydrogens (primary N) is 1. The summed E-state index contributed by atoms with van der Waals surface area (Å²) in [6.45, 7) is 4.71. The van der Waals surface area contributed by atoms with Gasteiger partial charge in [0.2, 0.25) is 10.0 Å². The fraction of sp³-hybridized carbons (Fsp3) is 0.571. The molecule has 1 fully saturated rings. The number of aryl methyl sites for hydroxylation is 1. The van der Waals surface area contributed by atoms with Crippen LogP contribution in [-0.4, -0.2) is 27.2 Å². The molecule has 21 heavy (non-hydrogen) atoms. The first-order chi connectivity index (χ1) is 9.83. The second-order valence-corrected chi connectivity index (χ2v) is 7.93. The van der Waals surface area contributed by atoms with Gasteiger partial charge >= 0.3 is 0 Å². The Kier molecular flexibility index (Phi) is 5.43. The first kappa shape index (κ1) is 16.9. The first-order valence-corrected chi connectivity index (χ1v) is 9.24. The van der Waals surface area contributed by atoms with Crippen LogP contribution in [0.15, 0.2) is 21.5 Å². The molecule has 1 aliphatic heterocycles. The lowest BCUT2D eigenvalue weighted by atomic mass is 10.1.